The Balaban J connectivity index is 1.52. The quantitative estimate of drug-likeness (QED) is 0.781. The Hall–Kier alpha value is -1.63. The van der Waals surface area contributed by atoms with Crippen LogP contribution in [0.1, 0.15) is 11.1 Å². The summed E-state index contributed by atoms with van der Waals surface area (Å²) >= 11 is 0. The third kappa shape index (κ3) is 3.83. The Morgan fingerprint density at radius 3 is 3.04 bits per heavy atom. The summed E-state index contributed by atoms with van der Waals surface area (Å²) in [5.41, 5.74) is 2.56. The highest BCUT2D eigenvalue weighted by atomic mass is 16.5. The molecule has 0 unspecified atom stereocenters. The van der Waals surface area contributed by atoms with Gasteiger partial charge in [0.25, 0.3) is 0 Å². The van der Waals surface area contributed by atoms with Gasteiger partial charge in [-0.3, -0.25) is 14.6 Å². The molecule has 2 aliphatic heterocycles. The van der Waals surface area contributed by atoms with E-state index in [4.69, 9.17) is 9.84 Å². The van der Waals surface area contributed by atoms with E-state index in [1.165, 1.54) is 11.1 Å². The fourth-order valence-corrected chi connectivity index (χ4v) is 3.48. The molecule has 6 nitrogen and oxygen atoms in total. The summed E-state index contributed by atoms with van der Waals surface area (Å²) in [7, 11) is 1.76. The van der Waals surface area contributed by atoms with E-state index in [2.05, 4.69) is 17.0 Å². The first-order chi connectivity index (χ1) is 11.0. The number of β-amino-alcohol motifs (C(OH)–C–C–N with tert-alkyl or cyclic N) is 1. The van der Waals surface area contributed by atoms with Crippen LogP contribution in [0, 0.1) is 0 Å². The van der Waals surface area contributed by atoms with Crippen molar-refractivity contribution in [3.63, 3.8) is 0 Å². The van der Waals surface area contributed by atoms with Gasteiger partial charge in [-0.15, -0.1) is 0 Å². The first-order valence-electron chi connectivity index (χ1n) is 8.10. The van der Waals surface area contributed by atoms with Gasteiger partial charge in [0.05, 0.1) is 19.3 Å². The van der Waals surface area contributed by atoms with Gasteiger partial charge in [-0.1, -0.05) is 12.1 Å². The lowest BCUT2D eigenvalue weighted by Gasteiger charge is -2.24. The molecule has 1 fully saturated rings. The molecule has 2 atom stereocenters. The molecular formula is C17H24N2O4. The molecule has 0 radical (unpaired) electrons. The number of benzene rings is 1. The van der Waals surface area contributed by atoms with Gasteiger partial charge in [0, 0.05) is 32.1 Å². The number of nitrogens with zero attached hydrogens (tertiary/aromatic N) is 2. The smallest absolute Gasteiger partial charge is 0.317 e. The van der Waals surface area contributed by atoms with Crippen molar-refractivity contribution in [2.75, 3.05) is 39.8 Å². The van der Waals surface area contributed by atoms with E-state index in [1.807, 2.05) is 6.07 Å². The third-order valence-corrected chi connectivity index (χ3v) is 4.76. The molecule has 0 bridgehead atoms. The minimum atomic E-state index is -0.862. The highest BCUT2D eigenvalue weighted by molar-refractivity contribution is 5.69. The lowest BCUT2D eigenvalue weighted by Crippen LogP contribution is -2.43. The minimum absolute atomic E-state index is 0.0413. The molecule has 23 heavy (non-hydrogen) atoms. The third-order valence-electron chi connectivity index (χ3n) is 4.76. The van der Waals surface area contributed by atoms with E-state index in [-0.39, 0.29) is 12.6 Å². The first-order valence-corrected chi connectivity index (χ1v) is 8.10. The second-order valence-electron chi connectivity index (χ2n) is 6.49. The number of aliphatic hydroxyl groups excluding tert-OH is 1. The van der Waals surface area contributed by atoms with Gasteiger partial charge in [0.15, 0.2) is 0 Å². The van der Waals surface area contributed by atoms with E-state index in [9.17, 15) is 9.90 Å². The maximum atomic E-state index is 10.8. The van der Waals surface area contributed by atoms with Gasteiger partial charge in [-0.2, -0.15) is 0 Å². The summed E-state index contributed by atoms with van der Waals surface area (Å²) in [6, 6.07) is 6.24. The topological polar surface area (TPSA) is 73.2 Å². The van der Waals surface area contributed by atoms with Crippen LogP contribution in [0.2, 0.25) is 0 Å². The van der Waals surface area contributed by atoms with Gasteiger partial charge < -0.3 is 14.9 Å². The number of carbonyl (C=O) groups is 1. The maximum Gasteiger partial charge on any atom is 0.317 e. The highest BCUT2D eigenvalue weighted by Gasteiger charge is 2.34. The number of fused-ring (bicyclic) bond motifs is 1. The van der Waals surface area contributed by atoms with Crippen LogP contribution in [0.5, 0.6) is 5.75 Å². The van der Waals surface area contributed by atoms with Crippen molar-refractivity contribution in [1.82, 2.24) is 9.80 Å². The number of aliphatic hydroxyl groups is 1. The van der Waals surface area contributed by atoms with Crippen LogP contribution in [0.15, 0.2) is 18.2 Å². The Bertz CT molecular complexity index is 578. The monoisotopic (exact) mass is 320 g/mol. The molecule has 1 aromatic carbocycles. The maximum absolute atomic E-state index is 10.8. The number of hydrogen-bond donors (Lipinski definition) is 2. The molecule has 2 aliphatic rings. The summed E-state index contributed by atoms with van der Waals surface area (Å²) in [5, 5.41) is 19.1. The number of hydrogen-bond acceptors (Lipinski definition) is 5. The minimum Gasteiger partial charge on any atom is -0.493 e. The van der Waals surface area contributed by atoms with Crippen LogP contribution < -0.4 is 4.74 Å². The molecule has 1 saturated heterocycles. The first kappa shape index (κ1) is 16.2. The van der Waals surface area contributed by atoms with Crippen LogP contribution in [-0.2, 0) is 17.6 Å². The Kier molecular flexibility index (Phi) is 4.84. The summed E-state index contributed by atoms with van der Waals surface area (Å²) in [5.74, 6) is 0.138. The molecular weight excluding hydrogens is 296 g/mol. The fourth-order valence-electron chi connectivity index (χ4n) is 3.48. The zero-order valence-corrected chi connectivity index (χ0v) is 13.4. The van der Waals surface area contributed by atoms with E-state index in [0.29, 0.717) is 13.1 Å². The van der Waals surface area contributed by atoms with Crippen molar-refractivity contribution >= 4 is 5.97 Å². The lowest BCUT2D eigenvalue weighted by molar-refractivity contribution is -0.138. The zero-order valence-electron chi connectivity index (χ0n) is 13.4. The van der Waals surface area contributed by atoms with Crippen LogP contribution >= 0.6 is 0 Å². The predicted molar refractivity (Wildman–Crippen MR) is 85.8 cm³/mol. The van der Waals surface area contributed by atoms with E-state index < -0.39 is 12.1 Å². The number of ether oxygens (including phenoxy) is 1. The molecule has 3 rings (SSSR count). The standard InChI is InChI=1S/C17H24N2O4/c1-18(11-17(21)22)14-9-19(10-15(14)20)6-4-12-2-3-16-13(8-12)5-7-23-16/h2-3,8,14-15,20H,4-7,9-11H2,1H3,(H,21,22)/t14-,15-/m1/s1. The van der Waals surface area contributed by atoms with Crippen molar-refractivity contribution in [3.8, 4) is 5.75 Å². The zero-order chi connectivity index (χ0) is 16.4. The van der Waals surface area contributed by atoms with Crippen LogP contribution in [0.25, 0.3) is 0 Å². The number of rotatable bonds is 6. The second kappa shape index (κ2) is 6.86. The molecule has 0 aliphatic carbocycles. The van der Waals surface area contributed by atoms with Crippen molar-refractivity contribution in [2.24, 2.45) is 0 Å². The summed E-state index contributed by atoms with van der Waals surface area (Å²) in [4.78, 5) is 14.7. The summed E-state index contributed by atoms with van der Waals surface area (Å²) in [6.45, 7) is 2.91. The van der Waals surface area contributed by atoms with Crippen molar-refractivity contribution in [1.29, 1.82) is 0 Å². The van der Waals surface area contributed by atoms with Crippen LogP contribution in [0.3, 0.4) is 0 Å². The van der Waals surface area contributed by atoms with Crippen LogP contribution in [-0.4, -0.2) is 78.0 Å². The van der Waals surface area contributed by atoms with Gasteiger partial charge in [-0.05, 0) is 30.7 Å². The Labute approximate surface area is 136 Å². The van der Waals surface area contributed by atoms with Gasteiger partial charge in [-0.25, -0.2) is 0 Å². The molecule has 0 aromatic heterocycles. The van der Waals surface area contributed by atoms with Gasteiger partial charge in [0.1, 0.15) is 5.75 Å². The number of aliphatic carboxylic acids is 1. The molecule has 2 N–H and O–H groups in total. The average molecular weight is 320 g/mol. The van der Waals surface area contributed by atoms with Crippen molar-refractivity contribution < 1.29 is 19.7 Å². The number of carboxylic acid groups (broad SMARTS) is 1. The van der Waals surface area contributed by atoms with E-state index >= 15 is 0 Å². The normalized spacial score (nSPS) is 24.0. The fraction of sp³-hybridized carbons (Fsp3) is 0.588. The molecule has 0 spiro atoms. The van der Waals surface area contributed by atoms with Crippen molar-refractivity contribution in [3.05, 3.63) is 29.3 Å². The highest BCUT2D eigenvalue weighted by Crippen LogP contribution is 2.26. The summed E-state index contributed by atoms with van der Waals surface area (Å²) < 4.78 is 5.52. The largest absolute Gasteiger partial charge is 0.493 e. The molecule has 6 heteroatoms. The van der Waals surface area contributed by atoms with E-state index in [0.717, 1.165) is 31.7 Å². The van der Waals surface area contributed by atoms with Crippen LogP contribution in [0.4, 0.5) is 0 Å². The SMILES string of the molecule is CN(CC(=O)O)[C@@H]1CN(CCc2ccc3c(c2)CCO3)C[C@H]1O. The molecule has 126 valence electrons. The molecule has 1 aromatic rings. The number of likely N-dealkylation sites (tertiary alicyclic amines) is 1. The predicted octanol–water partition coefficient (Wildman–Crippen LogP) is 0.226. The number of likely N-dealkylation sites (N-methyl/N-ethyl adjacent to an activating group) is 1. The molecule has 2 heterocycles. The Morgan fingerprint density at radius 2 is 2.26 bits per heavy atom. The van der Waals surface area contributed by atoms with Gasteiger partial charge in [0.2, 0.25) is 0 Å². The molecule has 0 saturated carbocycles. The summed E-state index contributed by atoms with van der Waals surface area (Å²) in [6.07, 6.45) is 1.41. The second-order valence-corrected chi connectivity index (χ2v) is 6.49. The lowest BCUT2D eigenvalue weighted by atomic mass is 10.1. The molecule has 0 amide bonds. The van der Waals surface area contributed by atoms with Crippen molar-refractivity contribution in [2.45, 2.75) is 25.0 Å². The number of carboxylic acids is 1. The van der Waals surface area contributed by atoms with Gasteiger partial charge >= 0.3 is 5.97 Å². The average Bonchev–Trinajstić information content (AvgIpc) is 3.10. The van der Waals surface area contributed by atoms with E-state index in [1.54, 1.807) is 11.9 Å². The Morgan fingerprint density at radius 1 is 1.43 bits per heavy atom.